The van der Waals surface area contributed by atoms with Crippen LogP contribution in [0.2, 0.25) is 0 Å². The van der Waals surface area contributed by atoms with Crippen LogP contribution in [0.1, 0.15) is 26.7 Å². The first kappa shape index (κ1) is 11.7. The molecule has 0 saturated carbocycles. The molecule has 0 amide bonds. The van der Waals surface area contributed by atoms with Gasteiger partial charge in [-0.15, -0.1) is 0 Å². The van der Waals surface area contributed by atoms with E-state index in [0.717, 1.165) is 12.2 Å². The number of nitrogens with one attached hydrogen (secondary N) is 1. The third-order valence-electron chi connectivity index (χ3n) is 2.50. The fourth-order valence-electron chi connectivity index (χ4n) is 1.45. The summed E-state index contributed by atoms with van der Waals surface area (Å²) in [6.07, 6.45) is 4.01. The van der Waals surface area contributed by atoms with Gasteiger partial charge >= 0.3 is 0 Å². The second-order valence-corrected chi connectivity index (χ2v) is 3.63. The zero-order chi connectivity index (χ0) is 11.3. The highest BCUT2D eigenvalue weighted by atomic mass is 15.3. The minimum Gasteiger partial charge on any atom is -0.357 e. The van der Waals surface area contributed by atoms with E-state index >= 15 is 0 Å². The number of nitrogen functional groups attached to an aromatic ring is 1. The van der Waals surface area contributed by atoms with Gasteiger partial charge in [-0.05, 0) is 19.4 Å². The summed E-state index contributed by atoms with van der Waals surface area (Å²) in [6, 6.07) is 2.35. The monoisotopic (exact) mass is 209 g/mol. The number of nitrogens with zero attached hydrogens (tertiary/aromatic N) is 3. The Kier molecular flexibility index (Phi) is 4.30. The summed E-state index contributed by atoms with van der Waals surface area (Å²) < 4.78 is 0. The van der Waals surface area contributed by atoms with Crippen LogP contribution in [-0.2, 0) is 0 Å². The third kappa shape index (κ3) is 3.06. The van der Waals surface area contributed by atoms with Crippen molar-refractivity contribution in [3.05, 3.63) is 12.3 Å². The summed E-state index contributed by atoms with van der Waals surface area (Å²) in [6.45, 7) is 4.36. The summed E-state index contributed by atoms with van der Waals surface area (Å²) in [7, 11) is 2.03. The van der Waals surface area contributed by atoms with Crippen molar-refractivity contribution >= 4 is 11.8 Å². The first-order valence-electron chi connectivity index (χ1n) is 5.21. The molecule has 1 atom stereocenters. The summed E-state index contributed by atoms with van der Waals surface area (Å²) in [5.41, 5.74) is 2.44. The molecule has 0 spiro atoms. The van der Waals surface area contributed by atoms with Crippen molar-refractivity contribution < 1.29 is 0 Å². The molecule has 1 aromatic heterocycles. The van der Waals surface area contributed by atoms with E-state index < -0.39 is 0 Å². The third-order valence-corrected chi connectivity index (χ3v) is 2.50. The lowest BCUT2D eigenvalue weighted by atomic mass is 10.2. The van der Waals surface area contributed by atoms with E-state index in [2.05, 4.69) is 34.1 Å². The molecule has 0 fully saturated rings. The summed E-state index contributed by atoms with van der Waals surface area (Å²) in [5.74, 6) is 6.60. The molecule has 0 aromatic carbocycles. The molecule has 1 aromatic rings. The first-order valence-corrected chi connectivity index (χ1v) is 5.21. The largest absolute Gasteiger partial charge is 0.357 e. The Hall–Kier alpha value is -1.36. The van der Waals surface area contributed by atoms with Crippen molar-refractivity contribution in [3.8, 4) is 0 Å². The molecule has 0 aliphatic heterocycles. The van der Waals surface area contributed by atoms with Crippen molar-refractivity contribution in [1.29, 1.82) is 0 Å². The number of anilines is 2. The van der Waals surface area contributed by atoms with Gasteiger partial charge in [-0.3, -0.25) is 5.43 Å². The van der Waals surface area contributed by atoms with Gasteiger partial charge in [0.15, 0.2) is 0 Å². The lowest BCUT2D eigenvalue weighted by Crippen LogP contribution is -2.29. The molecule has 15 heavy (non-hydrogen) atoms. The highest BCUT2D eigenvalue weighted by Crippen LogP contribution is 2.15. The van der Waals surface area contributed by atoms with Crippen LogP contribution in [0.15, 0.2) is 12.3 Å². The Labute approximate surface area is 90.7 Å². The average molecular weight is 209 g/mol. The fourth-order valence-corrected chi connectivity index (χ4v) is 1.45. The van der Waals surface area contributed by atoms with Crippen molar-refractivity contribution in [2.75, 3.05) is 17.4 Å². The molecule has 1 heterocycles. The van der Waals surface area contributed by atoms with E-state index in [4.69, 9.17) is 5.84 Å². The molecule has 0 bridgehead atoms. The Balaban J connectivity index is 2.76. The normalized spacial score (nSPS) is 12.3. The standard InChI is InChI=1S/C10H19N5/c1-4-5-8(2)15(3)9-6-7-12-10(13-9)14-11/h6-8H,4-5,11H2,1-3H3,(H,12,13,14). The molecule has 5 heteroatoms. The van der Waals surface area contributed by atoms with E-state index in [-0.39, 0.29) is 0 Å². The predicted octanol–water partition coefficient (Wildman–Crippen LogP) is 1.39. The van der Waals surface area contributed by atoms with E-state index in [1.54, 1.807) is 6.20 Å². The molecule has 5 nitrogen and oxygen atoms in total. The Morgan fingerprint density at radius 2 is 2.33 bits per heavy atom. The van der Waals surface area contributed by atoms with Crippen molar-refractivity contribution in [3.63, 3.8) is 0 Å². The van der Waals surface area contributed by atoms with E-state index in [9.17, 15) is 0 Å². The molecular formula is C10H19N5. The van der Waals surface area contributed by atoms with Crippen molar-refractivity contribution in [1.82, 2.24) is 9.97 Å². The maximum Gasteiger partial charge on any atom is 0.239 e. The highest BCUT2D eigenvalue weighted by molar-refractivity contribution is 5.41. The molecule has 0 aliphatic carbocycles. The second-order valence-electron chi connectivity index (χ2n) is 3.63. The van der Waals surface area contributed by atoms with Gasteiger partial charge in [-0.1, -0.05) is 13.3 Å². The molecule has 1 rings (SSSR count). The molecule has 0 aliphatic rings. The quantitative estimate of drug-likeness (QED) is 0.566. The maximum atomic E-state index is 5.26. The van der Waals surface area contributed by atoms with Crippen molar-refractivity contribution in [2.24, 2.45) is 5.84 Å². The minimum atomic E-state index is 0.447. The smallest absolute Gasteiger partial charge is 0.239 e. The van der Waals surface area contributed by atoms with Crippen LogP contribution in [0.5, 0.6) is 0 Å². The molecule has 0 saturated heterocycles. The van der Waals surface area contributed by atoms with Gasteiger partial charge in [0.25, 0.3) is 0 Å². The van der Waals surface area contributed by atoms with Gasteiger partial charge in [0, 0.05) is 19.3 Å². The van der Waals surface area contributed by atoms with Crippen LogP contribution in [0, 0.1) is 0 Å². The number of hydrazine groups is 1. The van der Waals surface area contributed by atoms with E-state index in [1.807, 2.05) is 13.1 Å². The average Bonchev–Trinajstić information content (AvgIpc) is 2.28. The Bertz CT molecular complexity index is 302. The molecule has 3 N–H and O–H groups in total. The van der Waals surface area contributed by atoms with Crippen LogP contribution < -0.4 is 16.2 Å². The lowest BCUT2D eigenvalue weighted by Gasteiger charge is -2.25. The topological polar surface area (TPSA) is 67.1 Å². The Morgan fingerprint density at radius 3 is 2.93 bits per heavy atom. The van der Waals surface area contributed by atoms with Gasteiger partial charge in [-0.2, -0.15) is 4.98 Å². The molecule has 0 radical (unpaired) electrons. The number of hydrogen-bond donors (Lipinski definition) is 2. The van der Waals surface area contributed by atoms with Crippen LogP contribution in [-0.4, -0.2) is 23.1 Å². The summed E-state index contributed by atoms with van der Waals surface area (Å²) >= 11 is 0. The number of hydrogen-bond acceptors (Lipinski definition) is 5. The van der Waals surface area contributed by atoms with E-state index in [0.29, 0.717) is 12.0 Å². The van der Waals surface area contributed by atoms with Gasteiger partial charge in [0.1, 0.15) is 5.82 Å². The Morgan fingerprint density at radius 1 is 1.60 bits per heavy atom. The predicted molar refractivity (Wildman–Crippen MR) is 62.6 cm³/mol. The number of rotatable bonds is 5. The zero-order valence-corrected chi connectivity index (χ0v) is 9.57. The minimum absolute atomic E-state index is 0.447. The molecule has 84 valence electrons. The van der Waals surface area contributed by atoms with Crippen LogP contribution in [0.25, 0.3) is 0 Å². The SMILES string of the molecule is CCCC(C)N(C)c1ccnc(NN)n1. The summed E-state index contributed by atoms with van der Waals surface area (Å²) in [4.78, 5) is 10.4. The first-order chi connectivity index (χ1) is 7.19. The second kappa shape index (κ2) is 5.50. The van der Waals surface area contributed by atoms with Crippen LogP contribution in [0.4, 0.5) is 11.8 Å². The lowest BCUT2D eigenvalue weighted by molar-refractivity contribution is 0.611. The zero-order valence-electron chi connectivity index (χ0n) is 9.57. The summed E-state index contributed by atoms with van der Waals surface area (Å²) in [5, 5.41) is 0. The van der Waals surface area contributed by atoms with Gasteiger partial charge < -0.3 is 4.90 Å². The fraction of sp³-hybridized carbons (Fsp3) is 0.600. The molecule has 1 unspecified atom stereocenters. The number of nitrogens with two attached hydrogens (primary N) is 1. The van der Waals surface area contributed by atoms with Gasteiger partial charge in [-0.25, -0.2) is 10.8 Å². The maximum absolute atomic E-state index is 5.26. The number of aromatic nitrogens is 2. The van der Waals surface area contributed by atoms with E-state index in [1.165, 1.54) is 6.42 Å². The van der Waals surface area contributed by atoms with Crippen LogP contribution >= 0.6 is 0 Å². The van der Waals surface area contributed by atoms with Crippen molar-refractivity contribution in [2.45, 2.75) is 32.7 Å². The van der Waals surface area contributed by atoms with Gasteiger partial charge in [0.2, 0.25) is 5.95 Å². The van der Waals surface area contributed by atoms with Gasteiger partial charge in [0.05, 0.1) is 0 Å². The highest BCUT2D eigenvalue weighted by Gasteiger charge is 2.10. The molecular weight excluding hydrogens is 190 g/mol. The van der Waals surface area contributed by atoms with Crippen LogP contribution in [0.3, 0.4) is 0 Å².